The van der Waals surface area contributed by atoms with Crippen molar-refractivity contribution in [3.63, 3.8) is 0 Å². The number of rotatable bonds is 3. The highest BCUT2D eigenvalue weighted by atomic mass is 35.5. The monoisotopic (exact) mass is 260 g/mol. The van der Waals surface area contributed by atoms with E-state index in [1.54, 1.807) is 26.2 Å². The van der Waals surface area contributed by atoms with Crippen LogP contribution in [-0.4, -0.2) is 31.6 Å². The molecule has 0 saturated carbocycles. The molecule has 0 aliphatic carbocycles. The Morgan fingerprint density at radius 2 is 2.06 bits per heavy atom. The molecular formula is C11H14Cl2N2O. The number of carbonyl (C=O) groups excluding carboxylic acids is 1. The fourth-order valence-corrected chi connectivity index (χ4v) is 1.69. The highest BCUT2D eigenvalue weighted by molar-refractivity contribution is 6.35. The number of amides is 2. The molecule has 1 aromatic rings. The normalized spacial score (nSPS) is 10.0. The van der Waals surface area contributed by atoms with Gasteiger partial charge in [-0.2, -0.15) is 0 Å². The fourth-order valence-electron chi connectivity index (χ4n) is 1.19. The minimum atomic E-state index is -0.106. The molecule has 1 N–H and O–H groups in total. The maximum absolute atomic E-state index is 11.2. The Hall–Kier alpha value is -0.930. The summed E-state index contributed by atoms with van der Waals surface area (Å²) in [4.78, 5) is 12.7. The van der Waals surface area contributed by atoms with Gasteiger partial charge >= 0.3 is 6.03 Å². The van der Waals surface area contributed by atoms with Crippen molar-refractivity contribution in [2.45, 2.75) is 6.42 Å². The second kappa shape index (κ2) is 5.97. The molecule has 0 fully saturated rings. The van der Waals surface area contributed by atoms with Gasteiger partial charge in [-0.05, 0) is 24.1 Å². The maximum atomic E-state index is 11.2. The lowest BCUT2D eigenvalue weighted by Gasteiger charge is -2.12. The minimum Gasteiger partial charge on any atom is -0.338 e. The molecule has 0 aliphatic rings. The molecular weight excluding hydrogens is 247 g/mol. The third-order valence-corrected chi connectivity index (χ3v) is 2.68. The van der Waals surface area contributed by atoms with Gasteiger partial charge in [0.25, 0.3) is 0 Å². The van der Waals surface area contributed by atoms with E-state index in [0.29, 0.717) is 23.0 Å². The first-order valence-corrected chi connectivity index (χ1v) is 5.65. The largest absolute Gasteiger partial charge is 0.338 e. The third-order valence-electron chi connectivity index (χ3n) is 2.09. The second-order valence-electron chi connectivity index (χ2n) is 3.61. The molecule has 0 radical (unpaired) electrons. The zero-order valence-corrected chi connectivity index (χ0v) is 10.8. The van der Waals surface area contributed by atoms with Gasteiger partial charge in [0.15, 0.2) is 0 Å². The summed E-state index contributed by atoms with van der Waals surface area (Å²) in [5.74, 6) is 0. The molecule has 1 rings (SSSR count). The highest BCUT2D eigenvalue weighted by Gasteiger charge is 2.04. The molecule has 0 spiro atoms. The van der Waals surface area contributed by atoms with Crippen LogP contribution in [0.1, 0.15) is 5.56 Å². The van der Waals surface area contributed by atoms with Gasteiger partial charge in [-0.3, -0.25) is 0 Å². The molecule has 88 valence electrons. The lowest BCUT2D eigenvalue weighted by molar-refractivity contribution is 0.217. The van der Waals surface area contributed by atoms with Gasteiger partial charge < -0.3 is 10.2 Å². The van der Waals surface area contributed by atoms with Crippen LogP contribution >= 0.6 is 23.2 Å². The van der Waals surface area contributed by atoms with Crippen molar-refractivity contribution >= 4 is 29.2 Å². The molecule has 0 bridgehead atoms. The molecule has 16 heavy (non-hydrogen) atoms. The van der Waals surface area contributed by atoms with Crippen molar-refractivity contribution in [2.75, 3.05) is 20.6 Å². The first-order valence-electron chi connectivity index (χ1n) is 4.90. The van der Waals surface area contributed by atoms with E-state index in [9.17, 15) is 4.79 Å². The van der Waals surface area contributed by atoms with Crippen molar-refractivity contribution < 1.29 is 4.79 Å². The van der Waals surface area contributed by atoms with Gasteiger partial charge in [0.1, 0.15) is 0 Å². The molecule has 0 atom stereocenters. The number of nitrogens with one attached hydrogen (secondary N) is 1. The lowest BCUT2D eigenvalue weighted by atomic mass is 10.1. The van der Waals surface area contributed by atoms with Crippen molar-refractivity contribution in [1.29, 1.82) is 0 Å². The second-order valence-corrected chi connectivity index (χ2v) is 4.46. The molecule has 0 saturated heterocycles. The maximum Gasteiger partial charge on any atom is 0.316 e. The summed E-state index contributed by atoms with van der Waals surface area (Å²) < 4.78 is 0. The quantitative estimate of drug-likeness (QED) is 0.891. The summed E-state index contributed by atoms with van der Waals surface area (Å²) in [6.07, 6.45) is 0.690. The predicted molar refractivity (Wildman–Crippen MR) is 67.3 cm³/mol. The molecule has 5 heteroatoms. The molecule has 0 heterocycles. The zero-order valence-electron chi connectivity index (χ0n) is 9.26. The SMILES string of the molecule is CN(C)C(=O)NCCc1ccc(Cl)cc1Cl. The molecule has 0 unspecified atom stereocenters. The van der Waals surface area contributed by atoms with Gasteiger partial charge in [0.05, 0.1) is 0 Å². The summed E-state index contributed by atoms with van der Waals surface area (Å²) >= 11 is 11.8. The van der Waals surface area contributed by atoms with E-state index in [0.717, 1.165) is 5.56 Å². The zero-order chi connectivity index (χ0) is 12.1. The van der Waals surface area contributed by atoms with E-state index in [-0.39, 0.29) is 6.03 Å². The van der Waals surface area contributed by atoms with E-state index < -0.39 is 0 Å². The Labute approximate surface area is 105 Å². The first-order chi connectivity index (χ1) is 7.50. The van der Waals surface area contributed by atoms with E-state index in [2.05, 4.69) is 5.32 Å². The van der Waals surface area contributed by atoms with Crippen molar-refractivity contribution in [1.82, 2.24) is 10.2 Å². The molecule has 0 aliphatic heterocycles. The van der Waals surface area contributed by atoms with E-state index in [4.69, 9.17) is 23.2 Å². The number of hydrogen-bond donors (Lipinski definition) is 1. The summed E-state index contributed by atoms with van der Waals surface area (Å²) in [6, 6.07) is 5.25. The number of carbonyl (C=O) groups is 1. The molecule has 3 nitrogen and oxygen atoms in total. The Bertz CT molecular complexity index is 380. The smallest absolute Gasteiger partial charge is 0.316 e. The number of urea groups is 1. The summed E-state index contributed by atoms with van der Waals surface area (Å²) in [6.45, 7) is 0.554. The van der Waals surface area contributed by atoms with Crippen molar-refractivity contribution in [3.05, 3.63) is 33.8 Å². The molecule has 0 aromatic heterocycles. The predicted octanol–water partition coefficient (Wildman–Crippen LogP) is 2.81. The van der Waals surface area contributed by atoms with Crippen LogP contribution in [0.4, 0.5) is 4.79 Å². The summed E-state index contributed by atoms with van der Waals surface area (Å²) in [7, 11) is 3.40. The van der Waals surface area contributed by atoms with Crippen LogP contribution in [0.5, 0.6) is 0 Å². The molecule has 1 aromatic carbocycles. The Morgan fingerprint density at radius 1 is 1.38 bits per heavy atom. The van der Waals surface area contributed by atoms with Crippen LogP contribution in [0.3, 0.4) is 0 Å². The molecule has 2 amide bonds. The van der Waals surface area contributed by atoms with Gasteiger partial charge in [-0.15, -0.1) is 0 Å². The van der Waals surface area contributed by atoms with Gasteiger partial charge in [-0.1, -0.05) is 29.3 Å². The average Bonchev–Trinajstić information content (AvgIpc) is 2.20. The van der Waals surface area contributed by atoms with Gasteiger partial charge in [0, 0.05) is 30.7 Å². The van der Waals surface area contributed by atoms with Crippen LogP contribution in [0.25, 0.3) is 0 Å². The fraction of sp³-hybridized carbons (Fsp3) is 0.364. The third kappa shape index (κ3) is 3.91. The minimum absolute atomic E-state index is 0.106. The number of hydrogen-bond acceptors (Lipinski definition) is 1. The van der Waals surface area contributed by atoms with Gasteiger partial charge in [0.2, 0.25) is 0 Å². The summed E-state index contributed by atoms with van der Waals surface area (Å²) in [5.41, 5.74) is 0.977. The van der Waals surface area contributed by atoms with Crippen molar-refractivity contribution in [2.24, 2.45) is 0 Å². The van der Waals surface area contributed by atoms with Crippen LogP contribution in [-0.2, 0) is 6.42 Å². The Kier molecular flexibility index (Phi) is 4.90. The van der Waals surface area contributed by atoms with E-state index >= 15 is 0 Å². The lowest BCUT2D eigenvalue weighted by Crippen LogP contribution is -2.35. The Balaban J connectivity index is 2.46. The van der Waals surface area contributed by atoms with Crippen LogP contribution in [0.15, 0.2) is 18.2 Å². The van der Waals surface area contributed by atoms with Crippen LogP contribution in [0.2, 0.25) is 10.0 Å². The highest BCUT2D eigenvalue weighted by Crippen LogP contribution is 2.20. The average molecular weight is 261 g/mol. The van der Waals surface area contributed by atoms with Gasteiger partial charge in [-0.25, -0.2) is 4.79 Å². The Morgan fingerprint density at radius 3 is 2.62 bits per heavy atom. The van der Waals surface area contributed by atoms with Crippen LogP contribution < -0.4 is 5.32 Å². The summed E-state index contributed by atoms with van der Waals surface area (Å²) in [5, 5.41) is 4.02. The standard InChI is InChI=1S/C11H14Cl2N2O/c1-15(2)11(16)14-6-5-8-3-4-9(12)7-10(8)13/h3-4,7H,5-6H2,1-2H3,(H,14,16). The van der Waals surface area contributed by atoms with E-state index in [1.807, 2.05) is 6.07 Å². The van der Waals surface area contributed by atoms with Crippen LogP contribution in [0, 0.1) is 0 Å². The number of nitrogens with zero attached hydrogens (tertiary/aromatic N) is 1. The van der Waals surface area contributed by atoms with E-state index in [1.165, 1.54) is 4.90 Å². The number of benzene rings is 1. The number of halogens is 2. The topological polar surface area (TPSA) is 32.3 Å². The first kappa shape index (κ1) is 13.1. The van der Waals surface area contributed by atoms with Crippen molar-refractivity contribution in [3.8, 4) is 0 Å².